The van der Waals surface area contributed by atoms with Gasteiger partial charge in [-0.25, -0.2) is 4.98 Å². The number of para-hydroxylation sites is 1. The third kappa shape index (κ3) is 4.21. The Morgan fingerprint density at radius 1 is 1.00 bits per heavy atom. The maximum absolute atomic E-state index is 12.5. The quantitative estimate of drug-likeness (QED) is 0.496. The van der Waals surface area contributed by atoms with Crippen molar-refractivity contribution in [1.82, 2.24) is 4.98 Å². The molecule has 142 valence electrons. The van der Waals surface area contributed by atoms with Crippen LogP contribution in [0.5, 0.6) is 0 Å². The maximum Gasteiger partial charge on any atom is 0.269 e. The lowest BCUT2D eigenvalue weighted by Crippen LogP contribution is -2.12. The molecule has 1 aromatic heterocycles. The number of carbonyl (C=O) groups excluding carboxylic acids is 2. The molecule has 0 unspecified atom stereocenters. The van der Waals surface area contributed by atoms with Gasteiger partial charge in [0.15, 0.2) is 5.13 Å². The van der Waals surface area contributed by atoms with E-state index in [4.69, 9.17) is 0 Å². The van der Waals surface area contributed by atoms with Gasteiger partial charge in [-0.1, -0.05) is 29.5 Å². The molecule has 0 spiro atoms. The lowest BCUT2D eigenvalue weighted by molar-refractivity contribution is -0.384. The van der Waals surface area contributed by atoms with Crippen molar-refractivity contribution in [2.75, 3.05) is 10.6 Å². The van der Waals surface area contributed by atoms with Gasteiger partial charge >= 0.3 is 0 Å². The minimum atomic E-state index is -0.536. The number of benzene rings is 2. The van der Waals surface area contributed by atoms with Gasteiger partial charge in [-0.15, -0.1) is 0 Å². The van der Waals surface area contributed by atoms with Crippen LogP contribution in [0.3, 0.4) is 0 Å². The molecule has 9 heteroatoms. The van der Waals surface area contributed by atoms with E-state index in [9.17, 15) is 19.7 Å². The van der Waals surface area contributed by atoms with Crippen molar-refractivity contribution in [2.24, 2.45) is 0 Å². The molecular weight excluding hydrogens is 380 g/mol. The zero-order valence-corrected chi connectivity index (χ0v) is 15.9. The van der Waals surface area contributed by atoms with Crippen molar-refractivity contribution >= 4 is 39.7 Å². The Kier molecular flexibility index (Phi) is 5.46. The van der Waals surface area contributed by atoms with Crippen LogP contribution >= 0.6 is 11.3 Å². The fourth-order valence-corrected chi connectivity index (χ4v) is 3.31. The van der Waals surface area contributed by atoms with Crippen molar-refractivity contribution < 1.29 is 14.5 Å². The van der Waals surface area contributed by atoms with Crippen molar-refractivity contribution in [3.63, 3.8) is 0 Å². The van der Waals surface area contributed by atoms with Crippen LogP contribution in [0.1, 0.15) is 31.3 Å². The third-order valence-electron chi connectivity index (χ3n) is 3.96. The number of hydrogen-bond donors (Lipinski definition) is 2. The van der Waals surface area contributed by atoms with Gasteiger partial charge in [0.1, 0.15) is 4.88 Å². The van der Waals surface area contributed by atoms with Crippen molar-refractivity contribution in [3.05, 3.63) is 80.3 Å². The lowest BCUT2D eigenvalue weighted by atomic mass is 10.2. The summed E-state index contributed by atoms with van der Waals surface area (Å²) in [6, 6.07) is 12.6. The van der Waals surface area contributed by atoms with Crippen LogP contribution in [-0.2, 0) is 0 Å². The molecule has 0 aliphatic carbocycles. The number of anilines is 2. The summed E-state index contributed by atoms with van der Waals surface area (Å²) in [5.41, 5.74) is 2.29. The Balaban J connectivity index is 1.73. The van der Waals surface area contributed by atoms with E-state index in [2.05, 4.69) is 15.6 Å². The van der Waals surface area contributed by atoms with E-state index >= 15 is 0 Å². The van der Waals surface area contributed by atoms with Crippen molar-refractivity contribution in [3.8, 4) is 0 Å². The van der Waals surface area contributed by atoms with Gasteiger partial charge in [-0.05, 0) is 37.6 Å². The Morgan fingerprint density at radius 2 is 1.68 bits per heavy atom. The summed E-state index contributed by atoms with van der Waals surface area (Å²) in [6.45, 7) is 3.58. The SMILES string of the molecule is Cc1ccccc1NC(=O)c1sc(NC(=O)c2ccc([N+](=O)[O-])cc2)nc1C. The molecule has 2 N–H and O–H groups in total. The van der Waals surface area contributed by atoms with Gasteiger partial charge in [-0.2, -0.15) is 0 Å². The van der Waals surface area contributed by atoms with Crippen molar-refractivity contribution in [2.45, 2.75) is 13.8 Å². The molecule has 0 bridgehead atoms. The van der Waals surface area contributed by atoms with E-state index < -0.39 is 10.8 Å². The third-order valence-corrected chi connectivity index (χ3v) is 5.03. The largest absolute Gasteiger partial charge is 0.321 e. The molecule has 8 nitrogen and oxygen atoms in total. The van der Waals surface area contributed by atoms with Crippen LogP contribution in [0.4, 0.5) is 16.5 Å². The lowest BCUT2D eigenvalue weighted by Gasteiger charge is -2.06. The highest BCUT2D eigenvalue weighted by molar-refractivity contribution is 7.17. The van der Waals surface area contributed by atoms with Gasteiger partial charge in [0.2, 0.25) is 0 Å². The summed E-state index contributed by atoms with van der Waals surface area (Å²) in [5, 5.41) is 16.4. The first kappa shape index (κ1) is 19.2. The second-order valence-corrected chi connectivity index (χ2v) is 6.96. The monoisotopic (exact) mass is 396 g/mol. The second kappa shape index (κ2) is 7.97. The number of nitro benzene ring substituents is 1. The predicted molar refractivity (Wildman–Crippen MR) is 107 cm³/mol. The number of hydrogen-bond acceptors (Lipinski definition) is 6. The van der Waals surface area contributed by atoms with Crippen LogP contribution in [-0.4, -0.2) is 21.7 Å². The van der Waals surface area contributed by atoms with Gasteiger partial charge in [0, 0.05) is 23.4 Å². The van der Waals surface area contributed by atoms with Crippen LogP contribution in [0.25, 0.3) is 0 Å². The number of nitrogens with one attached hydrogen (secondary N) is 2. The van der Waals surface area contributed by atoms with Crippen molar-refractivity contribution in [1.29, 1.82) is 0 Å². The van der Waals surface area contributed by atoms with E-state index in [0.29, 0.717) is 16.3 Å². The van der Waals surface area contributed by atoms with Gasteiger partial charge < -0.3 is 5.32 Å². The number of rotatable bonds is 5. The van der Waals surface area contributed by atoms with E-state index in [1.54, 1.807) is 13.0 Å². The average Bonchev–Trinajstić information content (AvgIpc) is 3.04. The normalized spacial score (nSPS) is 10.4. The zero-order chi connectivity index (χ0) is 20.3. The fourth-order valence-electron chi connectivity index (χ4n) is 2.46. The summed E-state index contributed by atoms with van der Waals surface area (Å²) in [7, 11) is 0. The van der Waals surface area contributed by atoms with Crippen LogP contribution in [0.2, 0.25) is 0 Å². The van der Waals surface area contributed by atoms with E-state index in [1.807, 2.05) is 25.1 Å². The Morgan fingerprint density at radius 3 is 2.32 bits per heavy atom. The minimum Gasteiger partial charge on any atom is -0.321 e. The summed E-state index contributed by atoms with van der Waals surface area (Å²) in [6.07, 6.45) is 0. The second-order valence-electron chi connectivity index (χ2n) is 5.96. The number of non-ortho nitro benzene ring substituents is 1. The molecular formula is C19H16N4O4S. The molecule has 3 rings (SSSR count). The molecule has 28 heavy (non-hydrogen) atoms. The molecule has 1 heterocycles. The summed E-state index contributed by atoms with van der Waals surface area (Å²) >= 11 is 1.06. The number of nitro groups is 1. The maximum atomic E-state index is 12.5. The summed E-state index contributed by atoms with van der Waals surface area (Å²) in [4.78, 5) is 39.6. The zero-order valence-electron chi connectivity index (χ0n) is 15.1. The number of thiazole rings is 1. The van der Waals surface area contributed by atoms with Gasteiger partial charge in [0.25, 0.3) is 17.5 Å². The Labute approximate surface area is 164 Å². The first-order valence-electron chi connectivity index (χ1n) is 8.25. The molecule has 0 saturated heterocycles. The number of aromatic nitrogens is 1. The molecule has 0 atom stereocenters. The highest BCUT2D eigenvalue weighted by Gasteiger charge is 2.18. The first-order valence-corrected chi connectivity index (χ1v) is 9.07. The van der Waals surface area contributed by atoms with Crippen LogP contribution in [0.15, 0.2) is 48.5 Å². The summed E-state index contributed by atoms with van der Waals surface area (Å²) in [5.74, 6) is -0.769. The number of amides is 2. The van der Waals surface area contributed by atoms with E-state index in [-0.39, 0.29) is 22.3 Å². The molecule has 0 saturated carbocycles. The standard InChI is InChI=1S/C19H16N4O4S/c1-11-5-3-4-6-15(11)21-18(25)16-12(2)20-19(28-16)22-17(24)13-7-9-14(10-8-13)23(26)27/h3-10H,1-2H3,(H,21,25)(H,20,22,24). The predicted octanol–water partition coefficient (Wildman–Crippen LogP) is 4.17. The Bertz CT molecular complexity index is 1060. The smallest absolute Gasteiger partial charge is 0.269 e. The topological polar surface area (TPSA) is 114 Å². The van der Waals surface area contributed by atoms with E-state index in [0.717, 1.165) is 16.9 Å². The molecule has 0 radical (unpaired) electrons. The molecule has 0 fully saturated rings. The first-order chi connectivity index (χ1) is 13.3. The number of carbonyl (C=O) groups is 2. The molecule has 2 aromatic carbocycles. The van der Waals surface area contributed by atoms with Gasteiger partial charge in [-0.3, -0.25) is 25.0 Å². The molecule has 0 aliphatic rings. The molecule has 3 aromatic rings. The average molecular weight is 396 g/mol. The highest BCUT2D eigenvalue weighted by Crippen LogP contribution is 2.25. The number of aryl methyl sites for hydroxylation is 2. The molecule has 2 amide bonds. The Hall–Kier alpha value is -3.59. The van der Waals surface area contributed by atoms with E-state index in [1.165, 1.54) is 24.3 Å². The highest BCUT2D eigenvalue weighted by atomic mass is 32.1. The van der Waals surface area contributed by atoms with Crippen LogP contribution in [0, 0.1) is 24.0 Å². The molecule has 0 aliphatic heterocycles. The number of nitrogens with zero attached hydrogens (tertiary/aromatic N) is 2. The van der Waals surface area contributed by atoms with Gasteiger partial charge in [0.05, 0.1) is 10.6 Å². The fraction of sp³-hybridized carbons (Fsp3) is 0.105. The summed E-state index contributed by atoms with van der Waals surface area (Å²) < 4.78 is 0. The minimum absolute atomic E-state index is 0.100. The van der Waals surface area contributed by atoms with Crippen LogP contribution < -0.4 is 10.6 Å².